The van der Waals surface area contributed by atoms with Gasteiger partial charge < -0.3 is 10.1 Å². The predicted molar refractivity (Wildman–Crippen MR) is 88.5 cm³/mol. The van der Waals surface area contributed by atoms with Gasteiger partial charge in [0.05, 0.1) is 6.10 Å². The molecule has 2 rings (SSSR count). The van der Waals surface area contributed by atoms with Crippen molar-refractivity contribution >= 4 is 10.8 Å². The van der Waals surface area contributed by atoms with E-state index in [0.717, 1.165) is 25.8 Å². The first-order valence-electron chi connectivity index (χ1n) is 7.85. The lowest BCUT2D eigenvalue weighted by molar-refractivity contribution is 0.106. The van der Waals surface area contributed by atoms with Crippen LogP contribution in [0.2, 0.25) is 0 Å². The van der Waals surface area contributed by atoms with Crippen molar-refractivity contribution in [3.05, 3.63) is 42.2 Å². The number of benzene rings is 1. The van der Waals surface area contributed by atoms with E-state index < -0.39 is 0 Å². The second kappa shape index (κ2) is 8.11. The SMILES string of the molecule is CCCNC(CCC(C)OC)c1cncc2ccccc12. The molecule has 0 aliphatic carbocycles. The molecule has 0 bridgehead atoms. The summed E-state index contributed by atoms with van der Waals surface area (Å²) >= 11 is 0. The average Bonchev–Trinajstić information content (AvgIpc) is 2.54. The van der Waals surface area contributed by atoms with E-state index in [0.29, 0.717) is 12.1 Å². The van der Waals surface area contributed by atoms with Crippen LogP contribution in [0.5, 0.6) is 0 Å². The molecule has 0 radical (unpaired) electrons. The summed E-state index contributed by atoms with van der Waals surface area (Å²) in [5.74, 6) is 0. The number of ether oxygens (including phenoxy) is 1. The van der Waals surface area contributed by atoms with Gasteiger partial charge >= 0.3 is 0 Å². The Hall–Kier alpha value is -1.45. The average molecular weight is 286 g/mol. The molecular weight excluding hydrogens is 260 g/mol. The van der Waals surface area contributed by atoms with E-state index in [9.17, 15) is 0 Å². The van der Waals surface area contributed by atoms with Crippen LogP contribution in [-0.2, 0) is 4.74 Å². The zero-order valence-corrected chi connectivity index (χ0v) is 13.3. The van der Waals surface area contributed by atoms with E-state index in [1.807, 2.05) is 12.4 Å². The first kappa shape index (κ1) is 15.9. The van der Waals surface area contributed by atoms with Crippen LogP contribution in [0.1, 0.15) is 44.7 Å². The van der Waals surface area contributed by atoms with Gasteiger partial charge in [-0.3, -0.25) is 4.98 Å². The van der Waals surface area contributed by atoms with Crippen LogP contribution in [0.15, 0.2) is 36.7 Å². The van der Waals surface area contributed by atoms with Gasteiger partial charge in [0, 0.05) is 30.9 Å². The molecule has 0 saturated carbocycles. The number of nitrogens with one attached hydrogen (secondary N) is 1. The molecular formula is C18H26N2O. The Morgan fingerprint density at radius 2 is 2.00 bits per heavy atom. The molecule has 3 nitrogen and oxygen atoms in total. The molecule has 0 amide bonds. The monoisotopic (exact) mass is 286 g/mol. The summed E-state index contributed by atoms with van der Waals surface area (Å²) in [6.07, 6.45) is 7.47. The minimum absolute atomic E-state index is 0.291. The molecule has 114 valence electrons. The molecule has 0 spiro atoms. The summed E-state index contributed by atoms with van der Waals surface area (Å²) < 4.78 is 5.38. The Bertz CT molecular complexity index is 550. The van der Waals surface area contributed by atoms with Crippen molar-refractivity contribution in [2.45, 2.75) is 45.3 Å². The molecule has 1 heterocycles. The molecule has 1 aromatic carbocycles. The number of nitrogens with zero attached hydrogens (tertiary/aromatic N) is 1. The highest BCUT2D eigenvalue weighted by atomic mass is 16.5. The van der Waals surface area contributed by atoms with Crippen molar-refractivity contribution in [3.63, 3.8) is 0 Å². The summed E-state index contributed by atoms with van der Waals surface area (Å²) in [7, 11) is 1.78. The summed E-state index contributed by atoms with van der Waals surface area (Å²) in [6.45, 7) is 5.34. The fraction of sp³-hybridized carbons (Fsp3) is 0.500. The normalized spacial score (nSPS) is 14.2. The van der Waals surface area contributed by atoms with Gasteiger partial charge in [0.2, 0.25) is 0 Å². The summed E-state index contributed by atoms with van der Waals surface area (Å²) in [5, 5.41) is 6.17. The van der Waals surface area contributed by atoms with E-state index in [1.54, 1.807) is 7.11 Å². The lowest BCUT2D eigenvalue weighted by atomic mass is 9.97. The molecule has 0 aliphatic rings. The zero-order chi connectivity index (χ0) is 15.1. The molecule has 0 aliphatic heterocycles. The number of aromatic nitrogens is 1. The maximum atomic E-state index is 5.38. The van der Waals surface area contributed by atoms with Crippen LogP contribution in [0, 0.1) is 0 Å². The lowest BCUT2D eigenvalue weighted by Gasteiger charge is -2.22. The smallest absolute Gasteiger partial charge is 0.0543 e. The third-order valence-corrected chi connectivity index (χ3v) is 3.98. The summed E-state index contributed by atoms with van der Waals surface area (Å²) in [4.78, 5) is 4.42. The quantitative estimate of drug-likeness (QED) is 0.793. The third kappa shape index (κ3) is 4.26. The minimum atomic E-state index is 0.291. The molecule has 2 aromatic rings. The highest BCUT2D eigenvalue weighted by molar-refractivity contribution is 5.85. The van der Waals surface area contributed by atoms with Crippen LogP contribution in [0.25, 0.3) is 10.8 Å². The van der Waals surface area contributed by atoms with Crippen molar-refractivity contribution < 1.29 is 4.74 Å². The highest BCUT2D eigenvalue weighted by Crippen LogP contribution is 2.26. The Morgan fingerprint density at radius 1 is 1.19 bits per heavy atom. The highest BCUT2D eigenvalue weighted by Gasteiger charge is 2.15. The number of hydrogen-bond acceptors (Lipinski definition) is 3. The Kier molecular flexibility index (Phi) is 6.15. The molecule has 1 aromatic heterocycles. The molecule has 0 fully saturated rings. The number of pyridine rings is 1. The first-order valence-corrected chi connectivity index (χ1v) is 7.85. The van der Waals surface area contributed by atoms with Crippen LogP contribution in [0.4, 0.5) is 0 Å². The van der Waals surface area contributed by atoms with Gasteiger partial charge in [-0.1, -0.05) is 31.2 Å². The molecule has 2 atom stereocenters. The van der Waals surface area contributed by atoms with Crippen molar-refractivity contribution in [2.75, 3.05) is 13.7 Å². The number of methoxy groups -OCH3 is 1. The van der Waals surface area contributed by atoms with Gasteiger partial charge in [-0.2, -0.15) is 0 Å². The van der Waals surface area contributed by atoms with Crippen LogP contribution < -0.4 is 5.32 Å². The van der Waals surface area contributed by atoms with Gasteiger partial charge in [0.1, 0.15) is 0 Å². The second-order valence-electron chi connectivity index (χ2n) is 5.58. The zero-order valence-electron chi connectivity index (χ0n) is 13.3. The fourth-order valence-electron chi connectivity index (χ4n) is 2.62. The second-order valence-corrected chi connectivity index (χ2v) is 5.58. The van der Waals surface area contributed by atoms with E-state index in [4.69, 9.17) is 4.74 Å². The fourth-order valence-corrected chi connectivity index (χ4v) is 2.62. The topological polar surface area (TPSA) is 34.1 Å². The first-order chi connectivity index (χ1) is 10.3. The maximum absolute atomic E-state index is 5.38. The number of fused-ring (bicyclic) bond motifs is 1. The van der Waals surface area contributed by atoms with Crippen molar-refractivity contribution in [3.8, 4) is 0 Å². The molecule has 1 N–H and O–H groups in total. The molecule has 3 heteroatoms. The molecule has 21 heavy (non-hydrogen) atoms. The molecule has 2 unspecified atom stereocenters. The molecule has 0 saturated heterocycles. The van der Waals surface area contributed by atoms with Gasteiger partial charge in [0.15, 0.2) is 0 Å². The van der Waals surface area contributed by atoms with Crippen molar-refractivity contribution in [1.29, 1.82) is 0 Å². The van der Waals surface area contributed by atoms with E-state index >= 15 is 0 Å². The van der Waals surface area contributed by atoms with Crippen molar-refractivity contribution in [2.24, 2.45) is 0 Å². The van der Waals surface area contributed by atoms with Crippen LogP contribution in [-0.4, -0.2) is 24.7 Å². The van der Waals surface area contributed by atoms with Gasteiger partial charge in [-0.15, -0.1) is 0 Å². The van der Waals surface area contributed by atoms with Crippen LogP contribution in [0.3, 0.4) is 0 Å². The lowest BCUT2D eigenvalue weighted by Crippen LogP contribution is -2.24. The van der Waals surface area contributed by atoms with Gasteiger partial charge in [0.25, 0.3) is 0 Å². The number of hydrogen-bond donors (Lipinski definition) is 1. The number of rotatable bonds is 8. The van der Waals surface area contributed by atoms with Gasteiger partial charge in [-0.05, 0) is 43.7 Å². The van der Waals surface area contributed by atoms with E-state index in [2.05, 4.69) is 48.4 Å². The van der Waals surface area contributed by atoms with E-state index in [-0.39, 0.29) is 0 Å². The summed E-state index contributed by atoms with van der Waals surface area (Å²) in [5.41, 5.74) is 1.30. The standard InChI is InChI=1S/C18H26N2O/c1-4-11-20-18(10-9-14(2)21-3)17-13-19-12-15-7-5-6-8-16(15)17/h5-8,12-14,18,20H,4,9-11H2,1-3H3. The van der Waals surface area contributed by atoms with Crippen molar-refractivity contribution in [1.82, 2.24) is 10.3 Å². The minimum Gasteiger partial charge on any atom is -0.382 e. The van der Waals surface area contributed by atoms with E-state index in [1.165, 1.54) is 16.3 Å². The Balaban J connectivity index is 2.25. The van der Waals surface area contributed by atoms with Crippen LogP contribution >= 0.6 is 0 Å². The Morgan fingerprint density at radius 3 is 2.76 bits per heavy atom. The largest absolute Gasteiger partial charge is 0.382 e. The predicted octanol–water partition coefficient (Wildman–Crippen LogP) is 4.09. The third-order valence-electron chi connectivity index (χ3n) is 3.98. The summed E-state index contributed by atoms with van der Waals surface area (Å²) in [6, 6.07) is 8.81. The maximum Gasteiger partial charge on any atom is 0.0543 e. The Labute approximate surface area is 127 Å². The van der Waals surface area contributed by atoms with Gasteiger partial charge in [-0.25, -0.2) is 0 Å².